The van der Waals surface area contributed by atoms with E-state index in [1.54, 1.807) is 0 Å². The lowest BCUT2D eigenvalue weighted by Gasteiger charge is -2.21. The second-order valence-corrected chi connectivity index (χ2v) is 4.41. The Labute approximate surface area is 93.3 Å². The van der Waals surface area contributed by atoms with Gasteiger partial charge >= 0.3 is 0 Å². The van der Waals surface area contributed by atoms with Gasteiger partial charge in [0.1, 0.15) is 0 Å². The summed E-state index contributed by atoms with van der Waals surface area (Å²) in [5.74, 6) is 0.788. The highest BCUT2D eigenvalue weighted by molar-refractivity contribution is 5.09. The maximum Gasteiger partial charge on any atom is 0.0271 e. The summed E-state index contributed by atoms with van der Waals surface area (Å²) < 4.78 is 0. The highest BCUT2D eigenvalue weighted by Crippen LogP contribution is 2.06. The number of nitrogens with zero attached hydrogens (tertiary/aromatic N) is 2. The molecular formula is C13H22N2. The van der Waals surface area contributed by atoms with Crippen LogP contribution in [0.25, 0.3) is 0 Å². The third-order valence-corrected chi connectivity index (χ3v) is 2.63. The van der Waals surface area contributed by atoms with Crippen molar-refractivity contribution in [2.24, 2.45) is 5.92 Å². The first-order chi connectivity index (χ1) is 7.22. The smallest absolute Gasteiger partial charge is 0.0271 e. The molecule has 84 valence electrons. The molecule has 0 unspecified atom stereocenters. The van der Waals surface area contributed by atoms with Crippen LogP contribution < -0.4 is 0 Å². The van der Waals surface area contributed by atoms with Crippen molar-refractivity contribution in [3.63, 3.8) is 0 Å². The Hall–Kier alpha value is -0.890. The number of hydrogen-bond acceptors (Lipinski definition) is 2. The molecule has 0 fully saturated rings. The fraction of sp³-hybridized carbons (Fsp3) is 0.615. The Balaban J connectivity index is 2.40. The fourth-order valence-electron chi connectivity index (χ4n) is 1.54. The van der Waals surface area contributed by atoms with Gasteiger partial charge in [-0.2, -0.15) is 0 Å². The molecule has 2 heteroatoms. The summed E-state index contributed by atoms with van der Waals surface area (Å²) in [4.78, 5) is 6.52. The number of pyridine rings is 1. The van der Waals surface area contributed by atoms with Crippen molar-refractivity contribution < 1.29 is 0 Å². The molecule has 0 N–H and O–H groups in total. The number of rotatable bonds is 6. The minimum absolute atomic E-state index is 0.788. The fourth-order valence-corrected chi connectivity index (χ4v) is 1.54. The highest BCUT2D eigenvalue weighted by Gasteiger charge is 2.04. The van der Waals surface area contributed by atoms with Crippen molar-refractivity contribution >= 4 is 0 Å². The molecule has 0 aliphatic rings. The lowest BCUT2D eigenvalue weighted by Crippen LogP contribution is -2.24. The van der Waals surface area contributed by atoms with Gasteiger partial charge in [-0.15, -0.1) is 0 Å². The molecule has 0 aliphatic carbocycles. The predicted octanol–water partition coefficient (Wildman–Crippen LogP) is 2.95. The van der Waals surface area contributed by atoms with Crippen LogP contribution in [-0.4, -0.2) is 23.0 Å². The average Bonchev–Trinajstić information content (AvgIpc) is 2.25. The average molecular weight is 206 g/mol. The summed E-state index contributed by atoms with van der Waals surface area (Å²) in [6.07, 6.45) is 5.01. The molecule has 15 heavy (non-hydrogen) atoms. The Bertz CT molecular complexity index is 256. The molecule has 0 aliphatic heterocycles. The van der Waals surface area contributed by atoms with Crippen molar-refractivity contribution in [2.45, 2.75) is 33.7 Å². The van der Waals surface area contributed by atoms with Gasteiger partial charge in [-0.3, -0.25) is 9.88 Å². The SMILES string of the molecule is CCN(CCC(C)C)Cc1ccncc1. The Morgan fingerprint density at radius 2 is 1.93 bits per heavy atom. The zero-order valence-corrected chi connectivity index (χ0v) is 10.1. The molecule has 1 aromatic rings. The van der Waals surface area contributed by atoms with E-state index in [9.17, 15) is 0 Å². The van der Waals surface area contributed by atoms with E-state index in [1.807, 2.05) is 12.4 Å². The van der Waals surface area contributed by atoms with E-state index in [2.05, 4.69) is 42.8 Å². The standard InChI is InChI=1S/C13H22N2/c1-4-15(10-7-12(2)3)11-13-5-8-14-9-6-13/h5-6,8-9,12H,4,7,10-11H2,1-3H3. The lowest BCUT2D eigenvalue weighted by atomic mass is 10.1. The van der Waals surface area contributed by atoms with E-state index in [0.717, 1.165) is 19.0 Å². The van der Waals surface area contributed by atoms with Gasteiger partial charge in [0.2, 0.25) is 0 Å². The van der Waals surface area contributed by atoms with Crippen LogP contribution >= 0.6 is 0 Å². The molecule has 0 saturated heterocycles. The Kier molecular flexibility index (Phi) is 5.33. The van der Waals surface area contributed by atoms with Crippen LogP contribution in [0.1, 0.15) is 32.8 Å². The van der Waals surface area contributed by atoms with Gasteiger partial charge in [0, 0.05) is 18.9 Å². The second-order valence-electron chi connectivity index (χ2n) is 4.41. The monoisotopic (exact) mass is 206 g/mol. The van der Waals surface area contributed by atoms with Crippen LogP contribution in [0.15, 0.2) is 24.5 Å². The van der Waals surface area contributed by atoms with Crippen molar-refractivity contribution in [1.82, 2.24) is 9.88 Å². The highest BCUT2D eigenvalue weighted by atomic mass is 15.1. The van der Waals surface area contributed by atoms with Gasteiger partial charge in [-0.05, 0) is 43.1 Å². The van der Waals surface area contributed by atoms with E-state index in [0.29, 0.717) is 0 Å². The summed E-state index contributed by atoms with van der Waals surface area (Å²) in [6.45, 7) is 10.1. The van der Waals surface area contributed by atoms with E-state index in [-0.39, 0.29) is 0 Å². The van der Waals surface area contributed by atoms with Gasteiger partial charge in [-0.25, -0.2) is 0 Å². The van der Waals surface area contributed by atoms with E-state index in [4.69, 9.17) is 0 Å². The molecule has 0 bridgehead atoms. The summed E-state index contributed by atoms with van der Waals surface area (Å²) in [5.41, 5.74) is 1.36. The Morgan fingerprint density at radius 3 is 2.47 bits per heavy atom. The minimum atomic E-state index is 0.788. The quantitative estimate of drug-likeness (QED) is 0.711. The van der Waals surface area contributed by atoms with Gasteiger partial charge in [0.05, 0.1) is 0 Å². The maximum atomic E-state index is 4.03. The normalized spacial score (nSPS) is 11.3. The zero-order valence-electron chi connectivity index (χ0n) is 10.1. The molecule has 2 nitrogen and oxygen atoms in total. The van der Waals surface area contributed by atoms with E-state index in [1.165, 1.54) is 18.5 Å². The molecular weight excluding hydrogens is 184 g/mol. The number of aromatic nitrogens is 1. The van der Waals surface area contributed by atoms with Crippen molar-refractivity contribution in [1.29, 1.82) is 0 Å². The summed E-state index contributed by atoms with van der Waals surface area (Å²) in [5, 5.41) is 0. The predicted molar refractivity (Wildman–Crippen MR) is 64.6 cm³/mol. The summed E-state index contributed by atoms with van der Waals surface area (Å²) in [6, 6.07) is 4.19. The van der Waals surface area contributed by atoms with Crippen LogP contribution in [0.4, 0.5) is 0 Å². The molecule has 1 aromatic heterocycles. The van der Waals surface area contributed by atoms with Crippen LogP contribution in [0, 0.1) is 5.92 Å². The van der Waals surface area contributed by atoms with Crippen molar-refractivity contribution in [3.05, 3.63) is 30.1 Å². The molecule has 0 atom stereocenters. The topological polar surface area (TPSA) is 16.1 Å². The van der Waals surface area contributed by atoms with Crippen LogP contribution in [0.5, 0.6) is 0 Å². The Morgan fingerprint density at radius 1 is 1.27 bits per heavy atom. The van der Waals surface area contributed by atoms with Gasteiger partial charge in [0.25, 0.3) is 0 Å². The zero-order chi connectivity index (χ0) is 11.1. The maximum absolute atomic E-state index is 4.03. The first-order valence-electron chi connectivity index (χ1n) is 5.83. The third kappa shape index (κ3) is 4.93. The van der Waals surface area contributed by atoms with Crippen LogP contribution in [-0.2, 0) is 6.54 Å². The summed E-state index contributed by atoms with van der Waals surface area (Å²) >= 11 is 0. The first-order valence-corrected chi connectivity index (χ1v) is 5.83. The molecule has 0 aromatic carbocycles. The molecule has 0 saturated carbocycles. The first kappa shape index (κ1) is 12.2. The van der Waals surface area contributed by atoms with Crippen molar-refractivity contribution in [2.75, 3.05) is 13.1 Å². The summed E-state index contributed by atoms with van der Waals surface area (Å²) in [7, 11) is 0. The molecule has 0 spiro atoms. The van der Waals surface area contributed by atoms with Crippen molar-refractivity contribution in [3.8, 4) is 0 Å². The largest absolute Gasteiger partial charge is 0.299 e. The minimum Gasteiger partial charge on any atom is -0.299 e. The number of hydrogen-bond donors (Lipinski definition) is 0. The van der Waals surface area contributed by atoms with Gasteiger partial charge in [0.15, 0.2) is 0 Å². The van der Waals surface area contributed by atoms with E-state index < -0.39 is 0 Å². The third-order valence-electron chi connectivity index (χ3n) is 2.63. The molecule has 0 radical (unpaired) electrons. The second kappa shape index (κ2) is 6.57. The van der Waals surface area contributed by atoms with E-state index >= 15 is 0 Å². The molecule has 0 amide bonds. The molecule has 1 heterocycles. The lowest BCUT2D eigenvalue weighted by molar-refractivity contribution is 0.262. The van der Waals surface area contributed by atoms with Gasteiger partial charge < -0.3 is 0 Å². The van der Waals surface area contributed by atoms with Crippen LogP contribution in [0.2, 0.25) is 0 Å². The van der Waals surface area contributed by atoms with Crippen LogP contribution in [0.3, 0.4) is 0 Å². The van der Waals surface area contributed by atoms with Gasteiger partial charge in [-0.1, -0.05) is 20.8 Å². The molecule has 1 rings (SSSR count).